The Morgan fingerprint density at radius 3 is 2.55 bits per heavy atom. The summed E-state index contributed by atoms with van der Waals surface area (Å²) >= 11 is 0. The average molecular weight is 282 g/mol. The van der Waals surface area contributed by atoms with Gasteiger partial charge in [0.2, 0.25) is 0 Å². The minimum atomic E-state index is -0.0340. The van der Waals surface area contributed by atoms with Crippen LogP contribution in [0.2, 0.25) is 0 Å². The van der Waals surface area contributed by atoms with E-state index < -0.39 is 0 Å². The molecule has 0 radical (unpaired) electrons. The van der Waals surface area contributed by atoms with Gasteiger partial charge in [-0.05, 0) is 57.5 Å². The molecule has 118 valence electrons. The van der Waals surface area contributed by atoms with Crippen LogP contribution >= 0.6 is 0 Å². The Labute approximate surface area is 125 Å². The first-order chi connectivity index (χ1) is 9.75. The molecule has 2 atom stereocenters. The smallest absolute Gasteiger partial charge is 0.0628 e. The number of hydrogen-bond acceptors (Lipinski definition) is 3. The number of nitrogens with one attached hydrogen (secondary N) is 1. The Hall–Kier alpha value is -0.120. The van der Waals surface area contributed by atoms with E-state index in [2.05, 4.69) is 24.1 Å². The van der Waals surface area contributed by atoms with E-state index in [0.717, 1.165) is 25.6 Å². The molecule has 3 nitrogen and oxygen atoms in total. The zero-order chi connectivity index (χ0) is 14.4. The van der Waals surface area contributed by atoms with Crippen LogP contribution in [0.5, 0.6) is 0 Å². The molecule has 3 heteroatoms. The van der Waals surface area contributed by atoms with Crippen LogP contribution in [0.25, 0.3) is 0 Å². The number of rotatable bonds is 8. The molecule has 1 aliphatic heterocycles. The van der Waals surface area contributed by atoms with Crippen molar-refractivity contribution in [1.29, 1.82) is 0 Å². The Balaban J connectivity index is 2.04. The third-order valence-corrected chi connectivity index (χ3v) is 5.32. The van der Waals surface area contributed by atoms with Crippen LogP contribution in [0.4, 0.5) is 0 Å². The van der Waals surface area contributed by atoms with E-state index in [1.807, 2.05) is 0 Å². The van der Waals surface area contributed by atoms with Gasteiger partial charge in [-0.2, -0.15) is 0 Å². The second-order valence-corrected chi connectivity index (χ2v) is 6.90. The van der Waals surface area contributed by atoms with Gasteiger partial charge in [-0.3, -0.25) is 4.90 Å². The van der Waals surface area contributed by atoms with E-state index in [4.69, 9.17) is 0 Å². The van der Waals surface area contributed by atoms with Gasteiger partial charge < -0.3 is 10.4 Å². The molecule has 20 heavy (non-hydrogen) atoms. The van der Waals surface area contributed by atoms with Crippen molar-refractivity contribution >= 4 is 0 Å². The summed E-state index contributed by atoms with van der Waals surface area (Å²) in [6, 6.07) is 0.727. The standard InChI is InChI=1S/C17H34N2O/c1-3-11-18-17(14-20,15-9-10-15)13-19-12-7-5-6-8-16(19)4-2/h15-16,18,20H,3-14H2,1-2H3. The van der Waals surface area contributed by atoms with E-state index in [9.17, 15) is 5.11 Å². The van der Waals surface area contributed by atoms with E-state index in [1.54, 1.807) is 0 Å². The van der Waals surface area contributed by atoms with Gasteiger partial charge in [0.05, 0.1) is 12.1 Å². The lowest BCUT2D eigenvalue weighted by Crippen LogP contribution is -2.59. The Bertz CT molecular complexity index is 280. The lowest BCUT2D eigenvalue weighted by Gasteiger charge is -2.41. The SMILES string of the molecule is CCCNC(CO)(CN1CCCCCC1CC)C1CC1. The van der Waals surface area contributed by atoms with Crippen molar-refractivity contribution in [1.82, 2.24) is 10.2 Å². The lowest BCUT2D eigenvalue weighted by molar-refractivity contribution is 0.0696. The van der Waals surface area contributed by atoms with Gasteiger partial charge in [0, 0.05) is 12.6 Å². The third kappa shape index (κ3) is 3.96. The number of aliphatic hydroxyl groups excluding tert-OH is 1. The van der Waals surface area contributed by atoms with Gasteiger partial charge in [-0.15, -0.1) is 0 Å². The molecule has 1 saturated heterocycles. The lowest BCUT2D eigenvalue weighted by atomic mass is 9.91. The zero-order valence-corrected chi connectivity index (χ0v) is 13.5. The predicted molar refractivity (Wildman–Crippen MR) is 85.0 cm³/mol. The molecule has 0 amide bonds. The van der Waals surface area contributed by atoms with Crippen molar-refractivity contribution in [2.24, 2.45) is 5.92 Å². The molecular formula is C17H34N2O. The van der Waals surface area contributed by atoms with E-state index in [-0.39, 0.29) is 5.54 Å². The Morgan fingerprint density at radius 2 is 1.95 bits per heavy atom. The van der Waals surface area contributed by atoms with Crippen LogP contribution < -0.4 is 5.32 Å². The van der Waals surface area contributed by atoms with Gasteiger partial charge in [0.15, 0.2) is 0 Å². The highest BCUT2D eigenvalue weighted by molar-refractivity contribution is 5.03. The van der Waals surface area contributed by atoms with Crippen LogP contribution in [-0.2, 0) is 0 Å². The summed E-state index contributed by atoms with van der Waals surface area (Å²) in [4.78, 5) is 2.68. The second kappa shape index (κ2) is 7.77. The monoisotopic (exact) mass is 282 g/mol. The third-order valence-electron chi connectivity index (χ3n) is 5.32. The highest BCUT2D eigenvalue weighted by atomic mass is 16.3. The summed E-state index contributed by atoms with van der Waals surface area (Å²) in [6.45, 7) is 8.13. The maximum absolute atomic E-state index is 10.1. The molecule has 1 heterocycles. The molecule has 2 aliphatic rings. The normalized spacial score (nSPS) is 28.1. The van der Waals surface area contributed by atoms with Crippen LogP contribution in [0.1, 0.15) is 65.2 Å². The van der Waals surface area contributed by atoms with Crippen LogP contribution in [0.3, 0.4) is 0 Å². The van der Waals surface area contributed by atoms with Crippen LogP contribution in [0.15, 0.2) is 0 Å². The maximum Gasteiger partial charge on any atom is 0.0628 e. The summed E-state index contributed by atoms with van der Waals surface area (Å²) < 4.78 is 0. The van der Waals surface area contributed by atoms with E-state index in [1.165, 1.54) is 51.5 Å². The number of aliphatic hydroxyl groups is 1. The minimum Gasteiger partial charge on any atom is -0.394 e. The van der Waals surface area contributed by atoms with Crippen molar-refractivity contribution in [3.63, 3.8) is 0 Å². The summed E-state index contributed by atoms with van der Waals surface area (Å²) in [7, 11) is 0. The fraction of sp³-hybridized carbons (Fsp3) is 1.00. The van der Waals surface area contributed by atoms with Gasteiger partial charge in [-0.1, -0.05) is 26.7 Å². The summed E-state index contributed by atoms with van der Waals surface area (Å²) in [5, 5.41) is 13.8. The number of likely N-dealkylation sites (tertiary alicyclic amines) is 1. The molecule has 2 rings (SSSR count). The quantitative estimate of drug-likeness (QED) is 0.718. The van der Waals surface area contributed by atoms with Crippen molar-refractivity contribution in [2.75, 3.05) is 26.2 Å². The van der Waals surface area contributed by atoms with Gasteiger partial charge in [0.25, 0.3) is 0 Å². The first kappa shape index (κ1) is 16.3. The van der Waals surface area contributed by atoms with Crippen molar-refractivity contribution in [3.8, 4) is 0 Å². The average Bonchev–Trinajstić information content (AvgIpc) is 3.30. The zero-order valence-electron chi connectivity index (χ0n) is 13.5. The molecule has 2 N–H and O–H groups in total. The Kier molecular flexibility index (Phi) is 6.31. The summed E-state index contributed by atoms with van der Waals surface area (Å²) in [5.74, 6) is 0.694. The van der Waals surface area contributed by atoms with Gasteiger partial charge >= 0.3 is 0 Å². The molecular weight excluding hydrogens is 248 g/mol. The topological polar surface area (TPSA) is 35.5 Å². The second-order valence-electron chi connectivity index (χ2n) is 6.90. The largest absolute Gasteiger partial charge is 0.394 e. The number of nitrogens with zero attached hydrogens (tertiary/aromatic N) is 1. The van der Waals surface area contributed by atoms with Gasteiger partial charge in [-0.25, -0.2) is 0 Å². The van der Waals surface area contributed by atoms with Crippen LogP contribution in [0, 0.1) is 5.92 Å². The highest BCUT2D eigenvalue weighted by Crippen LogP contribution is 2.40. The first-order valence-electron chi connectivity index (χ1n) is 8.85. The first-order valence-corrected chi connectivity index (χ1v) is 8.85. The molecule has 0 aromatic heterocycles. The molecule has 1 aliphatic carbocycles. The highest BCUT2D eigenvalue weighted by Gasteiger charge is 2.46. The van der Waals surface area contributed by atoms with Gasteiger partial charge in [0.1, 0.15) is 0 Å². The van der Waals surface area contributed by atoms with Crippen molar-refractivity contribution in [3.05, 3.63) is 0 Å². The fourth-order valence-corrected chi connectivity index (χ4v) is 3.84. The minimum absolute atomic E-state index is 0.0340. The molecule has 0 aromatic rings. The molecule has 0 spiro atoms. The number of hydrogen-bond donors (Lipinski definition) is 2. The Morgan fingerprint density at radius 1 is 1.15 bits per heavy atom. The summed E-state index contributed by atoms with van der Waals surface area (Å²) in [5.41, 5.74) is -0.0340. The molecule has 2 fully saturated rings. The molecule has 0 aromatic carbocycles. The molecule has 1 saturated carbocycles. The molecule has 0 bridgehead atoms. The van der Waals surface area contributed by atoms with Crippen molar-refractivity contribution in [2.45, 2.75) is 76.8 Å². The maximum atomic E-state index is 10.1. The fourth-order valence-electron chi connectivity index (χ4n) is 3.84. The van der Waals surface area contributed by atoms with Crippen molar-refractivity contribution < 1.29 is 5.11 Å². The van der Waals surface area contributed by atoms with E-state index in [0.29, 0.717) is 12.5 Å². The van der Waals surface area contributed by atoms with Crippen LogP contribution in [-0.4, -0.2) is 47.8 Å². The predicted octanol–water partition coefficient (Wildman–Crippen LogP) is 2.78. The summed E-state index contributed by atoms with van der Waals surface area (Å²) in [6.07, 6.45) is 10.4. The van der Waals surface area contributed by atoms with E-state index >= 15 is 0 Å². The molecule has 2 unspecified atom stereocenters.